The van der Waals surface area contributed by atoms with E-state index in [1.165, 1.54) is 0 Å². The van der Waals surface area contributed by atoms with Crippen molar-refractivity contribution >= 4 is 11.9 Å². The van der Waals surface area contributed by atoms with E-state index in [0.29, 0.717) is 25.9 Å². The monoisotopic (exact) mass is 300 g/mol. The number of carbonyl (C=O) groups is 2. The minimum atomic E-state index is -0.815. The van der Waals surface area contributed by atoms with Gasteiger partial charge in [-0.25, -0.2) is 0 Å². The molecule has 0 spiro atoms. The van der Waals surface area contributed by atoms with E-state index in [-0.39, 0.29) is 23.8 Å². The van der Waals surface area contributed by atoms with Crippen LogP contribution in [0.5, 0.6) is 0 Å². The first-order chi connectivity index (χ1) is 9.92. The van der Waals surface area contributed by atoms with Crippen molar-refractivity contribution in [2.45, 2.75) is 64.6 Å². The van der Waals surface area contributed by atoms with Crippen molar-refractivity contribution in [3.63, 3.8) is 0 Å². The Kier molecular flexibility index (Phi) is 7.11. The fraction of sp³-hybridized carbons (Fsp3) is 0.867. The van der Waals surface area contributed by atoms with Crippen LogP contribution in [0.3, 0.4) is 0 Å². The van der Waals surface area contributed by atoms with E-state index in [1.807, 2.05) is 6.92 Å². The van der Waals surface area contributed by atoms with E-state index < -0.39 is 18.1 Å². The molecule has 0 bridgehead atoms. The van der Waals surface area contributed by atoms with Gasteiger partial charge in [0.2, 0.25) is 5.91 Å². The number of rotatable bonds is 6. The molecule has 6 nitrogen and oxygen atoms in total. The van der Waals surface area contributed by atoms with Crippen molar-refractivity contribution in [3.05, 3.63) is 0 Å². The van der Waals surface area contributed by atoms with E-state index >= 15 is 0 Å². The Morgan fingerprint density at radius 3 is 2.62 bits per heavy atom. The molecule has 0 aromatic heterocycles. The fourth-order valence-corrected chi connectivity index (χ4v) is 2.93. The molecule has 0 aliphatic heterocycles. The Hall–Kier alpha value is -1.14. The van der Waals surface area contributed by atoms with Gasteiger partial charge in [0.05, 0.1) is 24.7 Å². The predicted molar refractivity (Wildman–Crippen MR) is 79.3 cm³/mol. The topological polar surface area (TPSA) is 102 Å². The minimum absolute atomic E-state index is 0.0398. The van der Waals surface area contributed by atoms with E-state index in [4.69, 9.17) is 10.5 Å². The third-order valence-corrected chi connectivity index (χ3v) is 4.23. The van der Waals surface area contributed by atoms with E-state index in [0.717, 1.165) is 6.42 Å². The highest BCUT2D eigenvalue weighted by Crippen LogP contribution is 2.31. The van der Waals surface area contributed by atoms with Crippen LogP contribution in [0.15, 0.2) is 0 Å². The van der Waals surface area contributed by atoms with Crippen molar-refractivity contribution < 1.29 is 19.4 Å². The smallest absolute Gasteiger partial charge is 0.309 e. The molecule has 1 aliphatic rings. The first-order valence-corrected chi connectivity index (χ1v) is 7.81. The third kappa shape index (κ3) is 4.68. The molecule has 0 saturated heterocycles. The van der Waals surface area contributed by atoms with Crippen molar-refractivity contribution in [2.24, 2.45) is 17.6 Å². The average molecular weight is 300 g/mol. The summed E-state index contributed by atoms with van der Waals surface area (Å²) >= 11 is 0. The lowest BCUT2D eigenvalue weighted by Gasteiger charge is -2.40. The maximum absolute atomic E-state index is 11.8. The van der Waals surface area contributed by atoms with Gasteiger partial charge in [-0.1, -0.05) is 13.8 Å². The molecule has 0 aromatic rings. The number of hydrogen-bond acceptors (Lipinski definition) is 5. The normalized spacial score (nSPS) is 30.5. The number of esters is 1. The molecule has 1 rings (SSSR count). The zero-order valence-corrected chi connectivity index (χ0v) is 13.2. The Morgan fingerprint density at radius 2 is 2.05 bits per heavy atom. The molecule has 1 amide bonds. The summed E-state index contributed by atoms with van der Waals surface area (Å²) in [5, 5.41) is 13.2. The lowest BCUT2D eigenvalue weighted by molar-refractivity contribution is -0.152. The summed E-state index contributed by atoms with van der Waals surface area (Å²) in [6, 6.07) is -0.786. The molecule has 1 saturated carbocycles. The van der Waals surface area contributed by atoms with Gasteiger partial charge in [-0.2, -0.15) is 0 Å². The van der Waals surface area contributed by atoms with E-state index in [1.54, 1.807) is 13.8 Å². The van der Waals surface area contributed by atoms with Crippen LogP contribution < -0.4 is 11.1 Å². The lowest BCUT2D eigenvalue weighted by Crippen LogP contribution is -2.59. The van der Waals surface area contributed by atoms with Crippen LogP contribution in [0, 0.1) is 11.8 Å². The summed E-state index contributed by atoms with van der Waals surface area (Å²) in [7, 11) is 0. The molecule has 5 atom stereocenters. The van der Waals surface area contributed by atoms with Gasteiger partial charge in [-0.15, -0.1) is 0 Å². The summed E-state index contributed by atoms with van der Waals surface area (Å²) in [5.74, 6) is -0.957. The number of nitrogens with two attached hydrogens (primary N) is 1. The number of aliphatic hydroxyl groups excluding tert-OH is 1. The first-order valence-electron chi connectivity index (χ1n) is 7.81. The molecule has 6 heteroatoms. The Labute approximate surface area is 126 Å². The van der Waals surface area contributed by atoms with Gasteiger partial charge in [0.15, 0.2) is 0 Å². The molecule has 0 radical (unpaired) electrons. The molecule has 21 heavy (non-hydrogen) atoms. The third-order valence-electron chi connectivity index (χ3n) is 4.23. The summed E-state index contributed by atoms with van der Waals surface area (Å²) in [6.07, 6.45) is 1.74. The average Bonchev–Trinajstić information content (AvgIpc) is 2.44. The number of carbonyl (C=O) groups excluding carboxylic acids is 2. The molecular formula is C15H28N2O4. The molecular weight excluding hydrogens is 272 g/mol. The largest absolute Gasteiger partial charge is 0.466 e. The number of amides is 1. The molecule has 1 fully saturated rings. The van der Waals surface area contributed by atoms with Gasteiger partial charge in [0.25, 0.3) is 0 Å². The number of nitrogens with one attached hydrogen (secondary N) is 1. The summed E-state index contributed by atoms with van der Waals surface area (Å²) in [5.41, 5.74) is 6.05. The highest BCUT2D eigenvalue weighted by Gasteiger charge is 2.41. The summed E-state index contributed by atoms with van der Waals surface area (Å²) in [4.78, 5) is 23.4. The maximum atomic E-state index is 11.8. The Balaban J connectivity index is 2.61. The van der Waals surface area contributed by atoms with Gasteiger partial charge in [-0.3, -0.25) is 9.59 Å². The van der Waals surface area contributed by atoms with Gasteiger partial charge < -0.3 is 20.9 Å². The molecule has 0 aromatic carbocycles. The Bertz CT molecular complexity index is 362. The highest BCUT2D eigenvalue weighted by atomic mass is 16.5. The summed E-state index contributed by atoms with van der Waals surface area (Å²) < 4.78 is 5.00. The van der Waals surface area contributed by atoms with Gasteiger partial charge in [0, 0.05) is 12.5 Å². The van der Waals surface area contributed by atoms with Crippen molar-refractivity contribution in [2.75, 3.05) is 6.61 Å². The molecule has 0 heterocycles. The maximum Gasteiger partial charge on any atom is 0.309 e. The van der Waals surface area contributed by atoms with Crippen LogP contribution in [0.1, 0.15) is 46.5 Å². The highest BCUT2D eigenvalue weighted by molar-refractivity contribution is 5.76. The molecule has 1 aliphatic carbocycles. The van der Waals surface area contributed by atoms with Crippen molar-refractivity contribution in [1.82, 2.24) is 5.32 Å². The number of ether oxygens (including phenoxy) is 1. The van der Waals surface area contributed by atoms with E-state index in [2.05, 4.69) is 5.32 Å². The number of hydrogen-bond donors (Lipinski definition) is 3. The lowest BCUT2D eigenvalue weighted by atomic mass is 9.74. The van der Waals surface area contributed by atoms with E-state index in [9.17, 15) is 14.7 Å². The zero-order valence-electron chi connectivity index (χ0n) is 13.2. The van der Waals surface area contributed by atoms with Gasteiger partial charge in [0.1, 0.15) is 0 Å². The van der Waals surface area contributed by atoms with Crippen LogP contribution in [-0.4, -0.2) is 41.8 Å². The predicted octanol–water partition coefficient (Wildman–Crippen LogP) is 0.569. The quantitative estimate of drug-likeness (QED) is 0.622. The molecule has 5 unspecified atom stereocenters. The minimum Gasteiger partial charge on any atom is -0.466 e. The van der Waals surface area contributed by atoms with Gasteiger partial charge in [-0.05, 0) is 32.1 Å². The summed E-state index contributed by atoms with van der Waals surface area (Å²) in [6.45, 7) is 5.78. The van der Waals surface area contributed by atoms with Gasteiger partial charge >= 0.3 is 5.97 Å². The SMILES string of the molecule is CCCC(=O)NC1CCC(C(C)C(=O)OCC)C(O)C1N. The van der Waals surface area contributed by atoms with Crippen molar-refractivity contribution in [3.8, 4) is 0 Å². The number of aliphatic hydroxyl groups is 1. The fourth-order valence-electron chi connectivity index (χ4n) is 2.93. The second-order valence-corrected chi connectivity index (χ2v) is 5.77. The van der Waals surface area contributed by atoms with Crippen molar-refractivity contribution in [1.29, 1.82) is 0 Å². The molecule has 4 N–H and O–H groups in total. The first kappa shape index (κ1) is 17.9. The van der Waals surface area contributed by atoms with Crippen LogP contribution in [-0.2, 0) is 14.3 Å². The van der Waals surface area contributed by atoms with Crippen LogP contribution in [0.25, 0.3) is 0 Å². The zero-order chi connectivity index (χ0) is 16.0. The second kappa shape index (κ2) is 8.34. The second-order valence-electron chi connectivity index (χ2n) is 5.77. The molecule has 122 valence electrons. The van der Waals surface area contributed by atoms with Crippen LogP contribution in [0.4, 0.5) is 0 Å². The standard InChI is InChI=1S/C15H28N2O4/c1-4-6-12(18)17-11-8-7-10(14(19)13(11)16)9(3)15(20)21-5-2/h9-11,13-14,19H,4-8,16H2,1-3H3,(H,17,18). The van der Waals surface area contributed by atoms with Crippen LogP contribution >= 0.6 is 0 Å². The Morgan fingerprint density at radius 1 is 1.38 bits per heavy atom. The van der Waals surface area contributed by atoms with Crippen LogP contribution in [0.2, 0.25) is 0 Å².